The van der Waals surface area contributed by atoms with Gasteiger partial charge in [0.1, 0.15) is 12.2 Å². The highest BCUT2D eigenvalue weighted by molar-refractivity contribution is 7.46. The number of likely N-dealkylation sites (N-methyl/N-ethyl adjacent to an activating group) is 1. The molecule has 2 aliphatic heterocycles. The Kier molecular flexibility index (Phi) is 5.05. The molecule has 2 N–H and O–H groups in total. The Bertz CT molecular complexity index is 779. The van der Waals surface area contributed by atoms with Crippen LogP contribution in [-0.4, -0.2) is 53.6 Å². The van der Waals surface area contributed by atoms with Gasteiger partial charge in [-0.25, -0.2) is 9.45 Å². The van der Waals surface area contributed by atoms with Gasteiger partial charge in [0.25, 0.3) is 0 Å². The zero-order chi connectivity index (χ0) is 19.2. The zero-order valence-electron chi connectivity index (χ0n) is 15.2. The maximum Gasteiger partial charge on any atom is 0.496 e. The number of fused-ring (bicyclic) bond motifs is 2. The zero-order valence-corrected chi connectivity index (χ0v) is 16.1. The number of piperidine rings is 1. The molecule has 27 heavy (non-hydrogen) atoms. The minimum absolute atomic E-state index is 0.139. The molecule has 2 heterocycles. The molecule has 8 nitrogen and oxygen atoms in total. The molecule has 3 aliphatic rings. The molecule has 148 valence electrons. The molecule has 4 rings (SSSR count). The molecule has 6 bridgehead atoms. The smallest absolute Gasteiger partial charge is 0.493 e. The SMILES string of the molecule is COc1ccc2cc1O[C@@H]1[C@H]3CCN(C)[C@H](C2)[C@@H]3C=C[C@@H]1OOP(=O)(O)O. The summed E-state index contributed by atoms with van der Waals surface area (Å²) >= 11 is 0. The molecule has 0 spiro atoms. The summed E-state index contributed by atoms with van der Waals surface area (Å²) in [7, 11) is -1.03. The Morgan fingerprint density at radius 2 is 2.11 bits per heavy atom. The number of hydrogen-bond acceptors (Lipinski definition) is 6. The first-order valence-corrected chi connectivity index (χ1v) is 10.5. The Balaban J connectivity index is 1.73. The normalized spacial score (nSPS) is 32.8. The number of likely N-dealkylation sites (tertiary alicyclic amines) is 1. The van der Waals surface area contributed by atoms with Gasteiger partial charge < -0.3 is 24.2 Å². The van der Waals surface area contributed by atoms with Gasteiger partial charge in [0.05, 0.1) is 7.11 Å². The number of benzene rings is 1. The van der Waals surface area contributed by atoms with Crippen molar-refractivity contribution in [2.45, 2.75) is 31.1 Å². The van der Waals surface area contributed by atoms with E-state index in [1.54, 1.807) is 13.2 Å². The molecular weight excluding hydrogens is 373 g/mol. The van der Waals surface area contributed by atoms with Crippen molar-refractivity contribution in [2.75, 3.05) is 20.7 Å². The lowest BCUT2D eigenvalue weighted by Gasteiger charge is -2.47. The lowest BCUT2D eigenvalue weighted by Crippen LogP contribution is -2.55. The van der Waals surface area contributed by atoms with Gasteiger partial charge in [-0.15, -0.1) is 4.67 Å². The monoisotopic (exact) mass is 397 g/mol. The summed E-state index contributed by atoms with van der Waals surface area (Å²) in [5, 5.41) is 0. The first-order chi connectivity index (χ1) is 12.9. The second-order valence-corrected chi connectivity index (χ2v) is 8.49. The van der Waals surface area contributed by atoms with Gasteiger partial charge in [0, 0.05) is 12.0 Å². The second-order valence-electron chi connectivity index (χ2n) is 7.36. The van der Waals surface area contributed by atoms with Gasteiger partial charge in [-0.05, 0) is 50.0 Å². The Morgan fingerprint density at radius 1 is 1.30 bits per heavy atom. The van der Waals surface area contributed by atoms with Crippen LogP contribution in [0.4, 0.5) is 0 Å². The standard InChI is InChI=1S/C18H24NO7P/c1-19-8-7-13-12-4-6-16(25-26-27(20,21)22)18(13)24-17-10-11(9-14(12)19)3-5-15(17)23-2/h3-6,10,12-14,16,18H,7-9H2,1-2H3,(H2,20,21,22)/t12-,13+,14-,16+,18-/m1/s1. The van der Waals surface area contributed by atoms with E-state index in [1.165, 1.54) is 0 Å². The molecule has 1 saturated heterocycles. The predicted molar refractivity (Wildman–Crippen MR) is 96.3 cm³/mol. The highest BCUT2D eigenvalue weighted by atomic mass is 31.2. The predicted octanol–water partition coefficient (Wildman–Crippen LogP) is 1.91. The second kappa shape index (κ2) is 7.20. The number of hydrogen-bond donors (Lipinski definition) is 2. The summed E-state index contributed by atoms with van der Waals surface area (Å²) in [6, 6.07) is 6.23. The van der Waals surface area contributed by atoms with Crippen molar-refractivity contribution in [1.82, 2.24) is 4.90 Å². The third kappa shape index (κ3) is 3.78. The van der Waals surface area contributed by atoms with Crippen LogP contribution in [0.1, 0.15) is 12.0 Å². The fourth-order valence-electron chi connectivity index (χ4n) is 4.50. The number of phosphoric acid groups is 1. The Morgan fingerprint density at radius 3 is 2.85 bits per heavy atom. The van der Waals surface area contributed by atoms with E-state index >= 15 is 0 Å². The van der Waals surface area contributed by atoms with Crippen LogP contribution in [0.25, 0.3) is 0 Å². The van der Waals surface area contributed by atoms with Crippen molar-refractivity contribution in [3.63, 3.8) is 0 Å². The topological polar surface area (TPSA) is 97.7 Å². The van der Waals surface area contributed by atoms with Crippen molar-refractivity contribution in [3.05, 3.63) is 35.9 Å². The number of rotatable bonds is 4. The summed E-state index contributed by atoms with van der Waals surface area (Å²) in [5.41, 5.74) is 1.16. The van der Waals surface area contributed by atoms with E-state index < -0.39 is 20.0 Å². The van der Waals surface area contributed by atoms with Crippen molar-refractivity contribution in [1.29, 1.82) is 0 Å². The van der Waals surface area contributed by atoms with Crippen LogP contribution >= 0.6 is 7.82 Å². The maximum absolute atomic E-state index is 11.1. The third-order valence-electron chi connectivity index (χ3n) is 5.78. The van der Waals surface area contributed by atoms with E-state index in [2.05, 4.69) is 22.7 Å². The van der Waals surface area contributed by atoms with Crippen LogP contribution in [0, 0.1) is 11.8 Å². The lowest BCUT2D eigenvalue weighted by molar-refractivity contribution is -0.269. The average molecular weight is 397 g/mol. The first-order valence-electron chi connectivity index (χ1n) is 8.98. The van der Waals surface area contributed by atoms with Gasteiger partial charge in [0.2, 0.25) is 0 Å². The van der Waals surface area contributed by atoms with Gasteiger partial charge in [-0.2, -0.15) is 0 Å². The van der Waals surface area contributed by atoms with Crippen LogP contribution in [0.2, 0.25) is 0 Å². The van der Waals surface area contributed by atoms with Gasteiger partial charge in [0.15, 0.2) is 11.5 Å². The highest BCUT2D eigenvalue weighted by Gasteiger charge is 2.47. The lowest BCUT2D eigenvalue weighted by atomic mass is 9.71. The number of nitrogens with zero attached hydrogens (tertiary/aromatic N) is 1. The van der Waals surface area contributed by atoms with Crippen molar-refractivity contribution < 1.29 is 33.4 Å². The highest BCUT2D eigenvalue weighted by Crippen LogP contribution is 2.45. The van der Waals surface area contributed by atoms with Crippen molar-refractivity contribution >= 4 is 7.82 Å². The molecule has 1 aromatic carbocycles. The van der Waals surface area contributed by atoms with Crippen LogP contribution < -0.4 is 9.47 Å². The van der Waals surface area contributed by atoms with Crippen LogP contribution in [-0.2, 0) is 20.5 Å². The number of ether oxygens (including phenoxy) is 2. The molecule has 0 amide bonds. The fourth-order valence-corrected chi connectivity index (χ4v) is 4.71. The molecule has 5 atom stereocenters. The molecule has 0 radical (unpaired) electrons. The maximum atomic E-state index is 11.1. The third-order valence-corrected chi connectivity index (χ3v) is 6.06. The first kappa shape index (κ1) is 18.9. The Labute approximate surface area is 157 Å². The van der Waals surface area contributed by atoms with E-state index in [9.17, 15) is 4.57 Å². The minimum atomic E-state index is -4.75. The molecule has 1 aliphatic carbocycles. The molecule has 0 saturated carbocycles. The van der Waals surface area contributed by atoms with Crippen LogP contribution in [0.15, 0.2) is 30.4 Å². The van der Waals surface area contributed by atoms with E-state index in [-0.39, 0.29) is 11.8 Å². The fraction of sp³-hybridized carbons (Fsp3) is 0.556. The minimum Gasteiger partial charge on any atom is -0.493 e. The summed E-state index contributed by atoms with van der Waals surface area (Å²) in [5.74, 6) is 1.61. The van der Waals surface area contributed by atoms with Gasteiger partial charge in [-0.1, -0.05) is 18.2 Å². The quantitative estimate of drug-likeness (QED) is 0.344. The van der Waals surface area contributed by atoms with Crippen molar-refractivity contribution in [3.8, 4) is 11.5 Å². The molecule has 0 aromatic heterocycles. The Hall–Kier alpha value is -1.41. The molecule has 9 heteroatoms. The van der Waals surface area contributed by atoms with Crippen LogP contribution in [0.5, 0.6) is 11.5 Å². The van der Waals surface area contributed by atoms with E-state index in [0.717, 1.165) is 24.9 Å². The van der Waals surface area contributed by atoms with Gasteiger partial charge in [-0.3, -0.25) is 0 Å². The van der Waals surface area contributed by atoms with E-state index in [1.807, 2.05) is 18.2 Å². The molecule has 1 aromatic rings. The average Bonchev–Trinajstić information content (AvgIpc) is 2.63. The summed E-state index contributed by atoms with van der Waals surface area (Å²) < 4.78 is 27.2. The van der Waals surface area contributed by atoms with E-state index in [0.29, 0.717) is 17.5 Å². The molecule has 1 fully saturated rings. The number of methoxy groups -OCH3 is 1. The molecular formula is C18H24NO7P. The summed E-state index contributed by atoms with van der Waals surface area (Å²) in [6.45, 7) is 0.915. The van der Waals surface area contributed by atoms with Crippen LogP contribution in [0.3, 0.4) is 0 Å². The van der Waals surface area contributed by atoms with E-state index in [4.69, 9.17) is 24.1 Å². The summed E-state index contributed by atoms with van der Waals surface area (Å²) in [6.07, 6.45) is 4.47. The largest absolute Gasteiger partial charge is 0.496 e. The van der Waals surface area contributed by atoms with Crippen molar-refractivity contribution in [2.24, 2.45) is 11.8 Å². The van der Waals surface area contributed by atoms with Gasteiger partial charge >= 0.3 is 7.82 Å². The summed E-state index contributed by atoms with van der Waals surface area (Å²) in [4.78, 5) is 25.5. The molecule has 0 unspecified atom stereocenters.